The first-order chi connectivity index (χ1) is 9.93. The zero-order chi connectivity index (χ0) is 15.3. The average Bonchev–Trinajstić information content (AvgIpc) is 2.90. The fraction of sp³-hybridized carbons (Fsp3) is 0.600. The molecule has 0 radical (unpaired) electrons. The van der Waals surface area contributed by atoms with Gasteiger partial charge in [0.15, 0.2) is 0 Å². The van der Waals surface area contributed by atoms with Crippen LogP contribution in [0.25, 0.3) is 5.57 Å². The summed E-state index contributed by atoms with van der Waals surface area (Å²) in [7, 11) is 0. The fourth-order valence-electron chi connectivity index (χ4n) is 4.46. The van der Waals surface area contributed by atoms with Crippen LogP contribution >= 0.6 is 11.8 Å². The van der Waals surface area contributed by atoms with Crippen LogP contribution in [0.4, 0.5) is 0 Å². The third-order valence-corrected chi connectivity index (χ3v) is 7.56. The van der Waals surface area contributed by atoms with Gasteiger partial charge in [-0.2, -0.15) is 0 Å². The summed E-state index contributed by atoms with van der Waals surface area (Å²) >= 11 is 2.15. The Balaban J connectivity index is 2.09. The van der Waals surface area contributed by atoms with Gasteiger partial charge in [-0.05, 0) is 52.2 Å². The molecule has 1 fully saturated rings. The molecular weight excluding hydrogens is 272 g/mol. The van der Waals surface area contributed by atoms with Crippen molar-refractivity contribution in [3.8, 4) is 0 Å². The Morgan fingerprint density at radius 1 is 0.952 bits per heavy atom. The minimum absolute atomic E-state index is 0.595. The molecule has 1 heterocycles. The second kappa shape index (κ2) is 5.50. The van der Waals surface area contributed by atoms with Crippen molar-refractivity contribution in [3.63, 3.8) is 0 Å². The van der Waals surface area contributed by atoms with Crippen LogP contribution in [0.1, 0.15) is 58.6 Å². The first-order valence-corrected chi connectivity index (χ1v) is 9.28. The van der Waals surface area contributed by atoms with Crippen molar-refractivity contribution in [1.82, 2.24) is 0 Å². The van der Waals surface area contributed by atoms with Gasteiger partial charge in [0.1, 0.15) is 0 Å². The van der Waals surface area contributed by atoms with E-state index in [2.05, 4.69) is 77.6 Å². The first kappa shape index (κ1) is 15.2. The second-order valence-corrected chi connectivity index (χ2v) is 8.79. The molecule has 5 atom stereocenters. The van der Waals surface area contributed by atoms with E-state index in [-0.39, 0.29) is 0 Å². The van der Waals surface area contributed by atoms with E-state index in [0.29, 0.717) is 5.92 Å². The monoisotopic (exact) mass is 300 g/mol. The Kier molecular flexibility index (Phi) is 3.98. The molecule has 5 unspecified atom stereocenters. The van der Waals surface area contributed by atoms with Crippen molar-refractivity contribution >= 4 is 17.3 Å². The zero-order valence-electron chi connectivity index (χ0n) is 14.2. The largest absolute Gasteiger partial charge is 0.126 e. The summed E-state index contributed by atoms with van der Waals surface area (Å²) in [6, 6.07) is 9.09. The van der Waals surface area contributed by atoms with Crippen LogP contribution in [0.15, 0.2) is 29.2 Å². The Morgan fingerprint density at radius 2 is 1.62 bits per heavy atom. The molecule has 0 amide bonds. The first-order valence-electron chi connectivity index (χ1n) is 8.40. The van der Waals surface area contributed by atoms with E-state index in [1.165, 1.54) is 11.1 Å². The van der Waals surface area contributed by atoms with Crippen molar-refractivity contribution in [2.45, 2.75) is 52.7 Å². The molecule has 21 heavy (non-hydrogen) atoms. The summed E-state index contributed by atoms with van der Waals surface area (Å²) in [4.78, 5) is 1.57. The lowest BCUT2D eigenvalue weighted by Crippen LogP contribution is -2.16. The van der Waals surface area contributed by atoms with Crippen molar-refractivity contribution in [2.24, 2.45) is 23.7 Å². The molecule has 1 aromatic carbocycles. The van der Waals surface area contributed by atoms with Gasteiger partial charge in [0.05, 0.1) is 0 Å². The van der Waals surface area contributed by atoms with Gasteiger partial charge in [-0.3, -0.25) is 0 Å². The van der Waals surface area contributed by atoms with Gasteiger partial charge in [0.2, 0.25) is 0 Å². The number of fused-ring (bicyclic) bond motifs is 1. The lowest BCUT2D eigenvalue weighted by atomic mass is 9.80. The molecule has 0 saturated heterocycles. The van der Waals surface area contributed by atoms with Gasteiger partial charge in [-0.15, -0.1) is 11.8 Å². The lowest BCUT2D eigenvalue weighted by molar-refractivity contribution is 0.366. The summed E-state index contributed by atoms with van der Waals surface area (Å²) in [5.41, 5.74) is 4.71. The highest BCUT2D eigenvalue weighted by molar-refractivity contribution is 8.04. The van der Waals surface area contributed by atoms with Crippen molar-refractivity contribution in [3.05, 3.63) is 40.3 Å². The van der Waals surface area contributed by atoms with Crippen LogP contribution < -0.4 is 0 Å². The highest BCUT2D eigenvalue weighted by atomic mass is 32.2. The summed E-state index contributed by atoms with van der Waals surface area (Å²) in [5, 5.41) is 0.796. The molecule has 1 aliphatic heterocycles. The lowest BCUT2D eigenvalue weighted by Gasteiger charge is -2.23. The fourth-order valence-corrected chi connectivity index (χ4v) is 6.23. The van der Waals surface area contributed by atoms with Crippen LogP contribution in [-0.4, -0.2) is 5.25 Å². The van der Waals surface area contributed by atoms with E-state index in [0.717, 1.165) is 28.9 Å². The highest BCUT2D eigenvalue weighted by Gasteiger charge is 2.50. The maximum absolute atomic E-state index is 2.48. The number of rotatable bonds is 2. The predicted molar refractivity (Wildman–Crippen MR) is 95.5 cm³/mol. The minimum atomic E-state index is 0.595. The molecule has 3 rings (SSSR count). The topological polar surface area (TPSA) is 0 Å². The summed E-state index contributed by atoms with van der Waals surface area (Å²) in [6.07, 6.45) is 0. The number of benzene rings is 1. The summed E-state index contributed by atoms with van der Waals surface area (Å²) in [5.74, 6) is 3.80. The number of thioether (sulfide) groups is 1. The SMILES string of the molecule is CC1=C(c2ccccc2C(C)C)C2C(C)C(C)C(C)C2S1. The Labute approximate surface area is 134 Å². The maximum Gasteiger partial charge on any atom is 0.0191 e. The molecule has 0 nitrogen and oxygen atoms in total. The van der Waals surface area contributed by atoms with E-state index >= 15 is 0 Å². The summed E-state index contributed by atoms with van der Waals surface area (Å²) in [6.45, 7) is 14.4. The summed E-state index contributed by atoms with van der Waals surface area (Å²) < 4.78 is 0. The molecule has 114 valence electrons. The standard InChI is InChI=1S/C20H28S/c1-11(2)16-9-7-8-10-17(16)19-15(6)21-20-14(5)12(3)13(4)18(19)20/h7-14,18,20H,1-6H3. The van der Waals surface area contributed by atoms with E-state index in [4.69, 9.17) is 0 Å². The van der Waals surface area contributed by atoms with Gasteiger partial charge < -0.3 is 0 Å². The van der Waals surface area contributed by atoms with Crippen LogP contribution in [0, 0.1) is 23.7 Å². The number of allylic oxidation sites excluding steroid dienone is 2. The van der Waals surface area contributed by atoms with Crippen molar-refractivity contribution < 1.29 is 0 Å². The maximum atomic E-state index is 2.48. The molecule has 2 aliphatic rings. The van der Waals surface area contributed by atoms with Gasteiger partial charge in [0, 0.05) is 11.2 Å². The Bertz CT molecular complexity index is 569. The molecule has 1 aromatic rings. The molecule has 0 N–H and O–H groups in total. The van der Waals surface area contributed by atoms with Crippen LogP contribution in [-0.2, 0) is 0 Å². The van der Waals surface area contributed by atoms with E-state index in [1.807, 2.05) is 0 Å². The third-order valence-electron chi connectivity index (χ3n) is 6.00. The average molecular weight is 301 g/mol. The van der Waals surface area contributed by atoms with Crippen LogP contribution in [0.2, 0.25) is 0 Å². The van der Waals surface area contributed by atoms with E-state index in [9.17, 15) is 0 Å². The van der Waals surface area contributed by atoms with Crippen LogP contribution in [0.5, 0.6) is 0 Å². The Morgan fingerprint density at radius 3 is 2.29 bits per heavy atom. The van der Waals surface area contributed by atoms with Crippen LogP contribution in [0.3, 0.4) is 0 Å². The molecule has 0 spiro atoms. The quantitative estimate of drug-likeness (QED) is 0.627. The van der Waals surface area contributed by atoms with Crippen molar-refractivity contribution in [2.75, 3.05) is 0 Å². The predicted octanol–water partition coefficient (Wildman–Crippen LogP) is 6.19. The molecule has 1 aliphatic carbocycles. The van der Waals surface area contributed by atoms with Gasteiger partial charge >= 0.3 is 0 Å². The van der Waals surface area contributed by atoms with E-state index in [1.54, 1.807) is 10.5 Å². The Hall–Kier alpha value is -0.690. The zero-order valence-corrected chi connectivity index (χ0v) is 15.0. The van der Waals surface area contributed by atoms with Gasteiger partial charge in [-0.1, -0.05) is 58.9 Å². The van der Waals surface area contributed by atoms with Gasteiger partial charge in [0.25, 0.3) is 0 Å². The molecule has 0 aromatic heterocycles. The second-order valence-electron chi connectivity index (χ2n) is 7.40. The molecule has 0 bridgehead atoms. The molecular formula is C20H28S. The van der Waals surface area contributed by atoms with E-state index < -0.39 is 0 Å². The van der Waals surface area contributed by atoms with Crippen molar-refractivity contribution in [1.29, 1.82) is 0 Å². The normalized spacial score (nSPS) is 35.7. The number of hydrogen-bond donors (Lipinski definition) is 0. The highest BCUT2D eigenvalue weighted by Crippen LogP contribution is 2.60. The third kappa shape index (κ3) is 2.29. The van der Waals surface area contributed by atoms with Gasteiger partial charge in [-0.25, -0.2) is 0 Å². The number of hydrogen-bond acceptors (Lipinski definition) is 1. The molecule has 1 saturated carbocycles. The molecule has 1 heteroatoms. The minimum Gasteiger partial charge on any atom is -0.126 e. The smallest absolute Gasteiger partial charge is 0.0191 e.